The van der Waals surface area contributed by atoms with Crippen LogP contribution < -0.4 is 16.0 Å². The lowest BCUT2D eigenvalue weighted by Crippen LogP contribution is -2.52. The van der Waals surface area contributed by atoms with E-state index in [1.165, 1.54) is 6.42 Å². The summed E-state index contributed by atoms with van der Waals surface area (Å²) in [4.78, 5) is 12.3. The van der Waals surface area contributed by atoms with Crippen molar-refractivity contribution in [3.8, 4) is 0 Å². The summed E-state index contributed by atoms with van der Waals surface area (Å²) < 4.78 is 11.7. The van der Waals surface area contributed by atoms with E-state index in [4.69, 9.17) is 20.8 Å². The van der Waals surface area contributed by atoms with Crippen molar-refractivity contribution < 1.29 is 13.9 Å². The number of urea groups is 1. The molecule has 1 aliphatic carbocycles. The molecule has 27 heavy (non-hydrogen) atoms. The Morgan fingerprint density at radius 1 is 1.26 bits per heavy atom. The molecular weight excluding hydrogens is 366 g/mol. The van der Waals surface area contributed by atoms with Crippen molar-refractivity contribution >= 4 is 34.3 Å². The Hall–Kier alpha value is -1.76. The maximum Gasteiger partial charge on any atom is 0.319 e. The van der Waals surface area contributed by atoms with Crippen molar-refractivity contribution in [2.75, 3.05) is 18.5 Å². The number of ether oxygens (including phenoxy) is 1. The van der Waals surface area contributed by atoms with E-state index in [0.717, 1.165) is 67.6 Å². The Bertz CT molecular complexity index is 882. The van der Waals surface area contributed by atoms with Crippen LogP contribution in [-0.4, -0.2) is 25.3 Å². The molecule has 1 saturated carbocycles. The number of carbonyl (C=O) groups excluding carboxylic acids is 1. The Labute approximate surface area is 162 Å². The monoisotopic (exact) mass is 389 g/mol. The third-order valence-electron chi connectivity index (χ3n) is 6.08. The van der Waals surface area contributed by atoms with Gasteiger partial charge in [-0.3, -0.25) is 0 Å². The van der Waals surface area contributed by atoms with Crippen molar-refractivity contribution in [1.82, 2.24) is 10.6 Å². The summed E-state index contributed by atoms with van der Waals surface area (Å²) in [5.41, 5.74) is 2.16. The minimum Gasteiger partial charge on any atom is -0.459 e. The van der Waals surface area contributed by atoms with Crippen molar-refractivity contribution in [1.29, 1.82) is 0 Å². The SMILES string of the molecule is O=C1Nc2c(Cl)cc3cc(CN[C@@H]4CCOC4)oc3c2C2(CCCCC2)N1. The summed E-state index contributed by atoms with van der Waals surface area (Å²) in [6.45, 7) is 2.22. The van der Waals surface area contributed by atoms with Crippen LogP contribution in [0.1, 0.15) is 49.8 Å². The lowest BCUT2D eigenvalue weighted by molar-refractivity contribution is 0.189. The fourth-order valence-corrected chi connectivity index (χ4v) is 5.02. The molecule has 1 spiro atoms. The lowest BCUT2D eigenvalue weighted by Gasteiger charge is -2.42. The molecule has 0 bridgehead atoms. The number of hydrogen-bond donors (Lipinski definition) is 3. The lowest BCUT2D eigenvalue weighted by atomic mass is 9.74. The van der Waals surface area contributed by atoms with E-state index in [1.807, 2.05) is 6.07 Å². The van der Waals surface area contributed by atoms with Crippen molar-refractivity contribution in [2.24, 2.45) is 0 Å². The molecule has 0 unspecified atom stereocenters. The van der Waals surface area contributed by atoms with E-state index in [-0.39, 0.29) is 11.6 Å². The predicted molar refractivity (Wildman–Crippen MR) is 104 cm³/mol. The van der Waals surface area contributed by atoms with Crippen LogP contribution in [0.15, 0.2) is 16.5 Å². The zero-order valence-electron chi connectivity index (χ0n) is 15.2. The molecule has 3 heterocycles. The molecule has 6 nitrogen and oxygen atoms in total. The van der Waals surface area contributed by atoms with Gasteiger partial charge in [0, 0.05) is 23.6 Å². The Kier molecular flexibility index (Phi) is 4.30. The number of anilines is 1. The van der Waals surface area contributed by atoms with E-state index in [0.29, 0.717) is 23.3 Å². The summed E-state index contributed by atoms with van der Waals surface area (Å²) in [7, 11) is 0. The molecule has 3 N–H and O–H groups in total. The number of nitrogens with one attached hydrogen (secondary N) is 3. The fourth-order valence-electron chi connectivity index (χ4n) is 4.76. The highest BCUT2D eigenvalue weighted by Crippen LogP contribution is 2.48. The third kappa shape index (κ3) is 3.00. The second-order valence-corrected chi connectivity index (χ2v) is 8.31. The van der Waals surface area contributed by atoms with Gasteiger partial charge in [-0.25, -0.2) is 4.79 Å². The van der Waals surface area contributed by atoms with Gasteiger partial charge in [0.25, 0.3) is 0 Å². The van der Waals surface area contributed by atoms with Crippen molar-refractivity contribution in [2.45, 2.75) is 56.7 Å². The molecule has 144 valence electrons. The maximum atomic E-state index is 12.3. The molecule has 1 atom stereocenters. The number of furan rings is 1. The van der Waals surface area contributed by atoms with Gasteiger partial charge in [-0.2, -0.15) is 0 Å². The van der Waals surface area contributed by atoms with E-state index in [2.05, 4.69) is 22.0 Å². The summed E-state index contributed by atoms with van der Waals surface area (Å²) in [5.74, 6) is 0.879. The van der Waals surface area contributed by atoms with Crippen LogP contribution in [0.2, 0.25) is 5.02 Å². The van der Waals surface area contributed by atoms with Crippen LogP contribution in [0, 0.1) is 0 Å². The highest BCUT2D eigenvalue weighted by molar-refractivity contribution is 6.35. The van der Waals surface area contributed by atoms with Gasteiger partial charge in [0.1, 0.15) is 11.3 Å². The van der Waals surface area contributed by atoms with E-state index in [9.17, 15) is 4.79 Å². The van der Waals surface area contributed by atoms with E-state index in [1.54, 1.807) is 0 Å². The quantitative estimate of drug-likeness (QED) is 0.733. The van der Waals surface area contributed by atoms with Gasteiger partial charge in [-0.1, -0.05) is 30.9 Å². The highest BCUT2D eigenvalue weighted by atomic mass is 35.5. The molecule has 0 radical (unpaired) electrons. The first kappa shape index (κ1) is 17.3. The zero-order chi connectivity index (χ0) is 18.4. The molecule has 7 heteroatoms. The third-order valence-corrected chi connectivity index (χ3v) is 6.38. The molecule has 5 rings (SSSR count). The Balaban J connectivity index is 1.56. The van der Waals surface area contributed by atoms with Crippen molar-refractivity contribution in [3.05, 3.63) is 28.5 Å². The first-order valence-electron chi connectivity index (χ1n) is 9.80. The number of benzene rings is 1. The number of fused-ring (bicyclic) bond motifs is 4. The number of amides is 2. The van der Waals surface area contributed by atoms with Gasteiger partial charge in [0.15, 0.2) is 0 Å². The first-order chi connectivity index (χ1) is 13.1. The van der Waals surface area contributed by atoms with Gasteiger partial charge in [0.2, 0.25) is 0 Å². The summed E-state index contributed by atoms with van der Waals surface area (Å²) in [6.07, 6.45) is 6.23. The summed E-state index contributed by atoms with van der Waals surface area (Å²) in [5, 5.41) is 11.1. The zero-order valence-corrected chi connectivity index (χ0v) is 16.0. The molecule has 2 aromatic rings. The minimum absolute atomic E-state index is 0.180. The van der Waals surface area contributed by atoms with E-state index < -0.39 is 0 Å². The molecule has 2 aliphatic heterocycles. The summed E-state index contributed by atoms with van der Waals surface area (Å²) >= 11 is 6.56. The Morgan fingerprint density at radius 3 is 2.89 bits per heavy atom. The normalized spacial score (nSPS) is 24.0. The van der Waals surface area contributed by atoms with Gasteiger partial charge in [-0.05, 0) is 31.4 Å². The average molecular weight is 390 g/mol. The van der Waals surface area contributed by atoms with Crippen molar-refractivity contribution in [3.63, 3.8) is 0 Å². The summed E-state index contributed by atoms with van der Waals surface area (Å²) in [6, 6.07) is 4.14. The average Bonchev–Trinajstić information content (AvgIpc) is 3.30. The molecule has 1 aromatic carbocycles. The number of rotatable bonds is 3. The van der Waals surface area contributed by atoms with Crippen LogP contribution in [0.4, 0.5) is 10.5 Å². The molecule has 1 aromatic heterocycles. The van der Waals surface area contributed by atoms with Gasteiger partial charge in [0.05, 0.1) is 29.4 Å². The molecule has 3 aliphatic rings. The van der Waals surface area contributed by atoms with Gasteiger partial charge in [-0.15, -0.1) is 0 Å². The topological polar surface area (TPSA) is 75.5 Å². The standard InChI is InChI=1S/C20H24ClN3O3/c21-15-9-12-8-14(10-22-13-4-7-26-11-13)27-18(12)16-17(15)23-19(25)24-20(16)5-2-1-3-6-20/h8-9,13,22H,1-7,10-11H2,(H2,23,24,25)/t13-/m1/s1. The first-order valence-corrected chi connectivity index (χ1v) is 10.2. The minimum atomic E-state index is -0.388. The van der Waals surface area contributed by atoms with Crippen LogP contribution >= 0.6 is 11.6 Å². The number of hydrogen-bond acceptors (Lipinski definition) is 4. The molecule has 2 fully saturated rings. The van der Waals surface area contributed by atoms with Gasteiger partial charge >= 0.3 is 6.03 Å². The highest BCUT2D eigenvalue weighted by Gasteiger charge is 2.43. The molecule has 1 saturated heterocycles. The van der Waals surface area contributed by atoms with E-state index >= 15 is 0 Å². The second-order valence-electron chi connectivity index (χ2n) is 7.90. The van der Waals surface area contributed by atoms with Crippen LogP contribution in [0.3, 0.4) is 0 Å². The maximum absolute atomic E-state index is 12.3. The largest absolute Gasteiger partial charge is 0.459 e. The smallest absolute Gasteiger partial charge is 0.319 e. The van der Waals surface area contributed by atoms with Crippen LogP contribution in [-0.2, 0) is 16.8 Å². The predicted octanol–water partition coefficient (Wildman–Crippen LogP) is 4.26. The number of carbonyl (C=O) groups is 1. The Morgan fingerprint density at radius 2 is 2.11 bits per heavy atom. The van der Waals surface area contributed by atoms with Crippen LogP contribution in [0.25, 0.3) is 11.0 Å². The second kappa shape index (κ2) is 6.69. The van der Waals surface area contributed by atoms with Gasteiger partial charge < -0.3 is 25.1 Å². The molecule has 2 amide bonds. The number of halogens is 1. The van der Waals surface area contributed by atoms with Crippen LogP contribution in [0.5, 0.6) is 0 Å². The molecular formula is C20H24ClN3O3. The fraction of sp³-hybridized carbons (Fsp3) is 0.550.